The van der Waals surface area contributed by atoms with Gasteiger partial charge in [-0.15, -0.1) is 0 Å². The first-order valence-corrected chi connectivity index (χ1v) is 10.1. The highest BCUT2D eigenvalue weighted by atomic mass is 16.2. The lowest BCUT2D eigenvalue weighted by Crippen LogP contribution is -2.17. The summed E-state index contributed by atoms with van der Waals surface area (Å²) < 4.78 is 0. The molecule has 0 saturated carbocycles. The first-order chi connectivity index (χ1) is 12.8. The third-order valence-electron chi connectivity index (χ3n) is 5.81. The Hall–Kier alpha value is -1.71. The molecule has 1 aromatic heterocycles. The second kappa shape index (κ2) is 9.84. The molecule has 1 aliphatic rings. The van der Waals surface area contributed by atoms with Crippen LogP contribution in [0, 0.1) is 5.92 Å². The smallest absolute Gasteiger partial charge is 0.0431 e. The molecular formula is C23H32N2O. The molecule has 0 spiro atoms. The number of aliphatic hydroxyl groups is 1. The van der Waals surface area contributed by atoms with Gasteiger partial charge < -0.3 is 10.8 Å². The molecule has 0 amide bonds. The fourth-order valence-electron chi connectivity index (χ4n) is 4.17. The van der Waals surface area contributed by atoms with Crippen LogP contribution in [-0.2, 0) is 19.3 Å². The van der Waals surface area contributed by atoms with Crippen molar-refractivity contribution < 1.29 is 5.11 Å². The Bertz CT molecular complexity index is 671. The normalized spacial score (nSPS) is 17.7. The minimum atomic E-state index is 0.279. The standard InChI is InChI=1S/C23H32N2O/c24-17-22(5-2-4-14-26)21-11-10-19-15-18(7-9-20(19)16-21)8-12-23-6-1-3-13-25-23/h1,3,6,10-11,13,16,18,22,26H,2,4-5,7-9,12,14-15,17,24H2/t18-,22+/m1/s1. The minimum absolute atomic E-state index is 0.279. The van der Waals surface area contributed by atoms with Crippen LogP contribution >= 0.6 is 0 Å². The number of unbranched alkanes of at least 4 members (excludes halogenated alkanes) is 1. The molecule has 3 nitrogen and oxygen atoms in total. The average molecular weight is 353 g/mol. The summed E-state index contributed by atoms with van der Waals surface area (Å²) in [6.45, 7) is 0.971. The Morgan fingerprint density at radius 2 is 2.08 bits per heavy atom. The van der Waals surface area contributed by atoms with E-state index in [0.29, 0.717) is 12.5 Å². The van der Waals surface area contributed by atoms with Crippen molar-refractivity contribution in [3.05, 3.63) is 65.0 Å². The molecule has 0 fully saturated rings. The zero-order chi connectivity index (χ0) is 18.2. The first-order valence-electron chi connectivity index (χ1n) is 10.1. The Morgan fingerprint density at radius 3 is 2.85 bits per heavy atom. The van der Waals surface area contributed by atoms with E-state index >= 15 is 0 Å². The number of hydrogen-bond donors (Lipinski definition) is 2. The second-order valence-electron chi connectivity index (χ2n) is 7.65. The summed E-state index contributed by atoms with van der Waals surface area (Å²) >= 11 is 0. The molecule has 0 saturated heterocycles. The predicted octanol–water partition coefficient (Wildman–Crippen LogP) is 4.02. The van der Waals surface area contributed by atoms with E-state index in [1.165, 1.54) is 48.1 Å². The summed E-state index contributed by atoms with van der Waals surface area (Å²) in [6.07, 6.45) is 10.9. The SMILES string of the molecule is NC[C@H](CCCCO)c1ccc2c(c1)CC[C@H](CCc1ccccn1)C2. The van der Waals surface area contributed by atoms with Crippen LogP contribution in [0.3, 0.4) is 0 Å². The van der Waals surface area contributed by atoms with Gasteiger partial charge in [-0.3, -0.25) is 4.98 Å². The minimum Gasteiger partial charge on any atom is -0.396 e. The lowest BCUT2D eigenvalue weighted by atomic mass is 9.79. The highest BCUT2D eigenvalue weighted by molar-refractivity contribution is 5.36. The summed E-state index contributed by atoms with van der Waals surface area (Å²) in [5.74, 6) is 1.19. The van der Waals surface area contributed by atoms with Gasteiger partial charge in [0, 0.05) is 18.5 Å². The molecule has 0 radical (unpaired) electrons. The molecule has 0 unspecified atom stereocenters. The van der Waals surface area contributed by atoms with Gasteiger partial charge in [-0.25, -0.2) is 0 Å². The third-order valence-corrected chi connectivity index (χ3v) is 5.81. The van der Waals surface area contributed by atoms with E-state index < -0.39 is 0 Å². The number of fused-ring (bicyclic) bond motifs is 1. The van der Waals surface area contributed by atoms with Crippen LogP contribution in [-0.4, -0.2) is 23.2 Å². The third kappa shape index (κ3) is 5.15. The Morgan fingerprint density at radius 1 is 1.15 bits per heavy atom. The van der Waals surface area contributed by atoms with Crippen LogP contribution in [0.15, 0.2) is 42.6 Å². The van der Waals surface area contributed by atoms with Gasteiger partial charge in [0.15, 0.2) is 0 Å². The molecule has 2 aromatic rings. The maximum atomic E-state index is 8.99. The van der Waals surface area contributed by atoms with Gasteiger partial charge in [-0.1, -0.05) is 30.7 Å². The van der Waals surface area contributed by atoms with Crippen molar-refractivity contribution in [2.75, 3.05) is 13.2 Å². The highest BCUT2D eigenvalue weighted by Gasteiger charge is 2.20. The van der Waals surface area contributed by atoms with Gasteiger partial charge in [-0.05, 0) is 92.1 Å². The zero-order valence-corrected chi connectivity index (χ0v) is 15.7. The van der Waals surface area contributed by atoms with Crippen LogP contribution in [0.5, 0.6) is 0 Å². The number of aryl methyl sites for hydroxylation is 2. The molecule has 1 heterocycles. The Balaban J connectivity index is 1.58. The number of nitrogens with zero attached hydrogens (tertiary/aromatic N) is 1. The molecular weight excluding hydrogens is 320 g/mol. The van der Waals surface area contributed by atoms with Crippen LogP contribution < -0.4 is 5.73 Å². The zero-order valence-electron chi connectivity index (χ0n) is 15.7. The van der Waals surface area contributed by atoms with E-state index in [1.807, 2.05) is 12.3 Å². The van der Waals surface area contributed by atoms with Crippen LogP contribution in [0.1, 0.15) is 60.4 Å². The van der Waals surface area contributed by atoms with Gasteiger partial charge >= 0.3 is 0 Å². The number of pyridine rings is 1. The Labute approximate surface area is 157 Å². The topological polar surface area (TPSA) is 59.1 Å². The lowest BCUT2D eigenvalue weighted by molar-refractivity contribution is 0.281. The van der Waals surface area contributed by atoms with Crippen molar-refractivity contribution in [2.24, 2.45) is 11.7 Å². The van der Waals surface area contributed by atoms with Crippen LogP contribution in [0.4, 0.5) is 0 Å². The van der Waals surface area contributed by atoms with Crippen molar-refractivity contribution in [1.82, 2.24) is 4.98 Å². The molecule has 2 atom stereocenters. The number of aliphatic hydroxyl groups excluding tert-OH is 1. The van der Waals surface area contributed by atoms with Gasteiger partial charge in [-0.2, -0.15) is 0 Å². The van der Waals surface area contributed by atoms with Gasteiger partial charge in [0.1, 0.15) is 0 Å². The molecule has 3 N–H and O–H groups in total. The summed E-state index contributed by atoms with van der Waals surface area (Å²) in [5, 5.41) is 8.99. The quantitative estimate of drug-likeness (QED) is 0.670. The van der Waals surface area contributed by atoms with Crippen molar-refractivity contribution in [1.29, 1.82) is 0 Å². The summed E-state index contributed by atoms with van der Waals surface area (Å²) in [6, 6.07) is 13.2. The molecule has 0 aliphatic heterocycles. The number of rotatable bonds is 9. The van der Waals surface area contributed by atoms with Crippen molar-refractivity contribution in [2.45, 2.75) is 57.3 Å². The number of benzene rings is 1. The molecule has 0 bridgehead atoms. The van der Waals surface area contributed by atoms with Gasteiger partial charge in [0.25, 0.3) is 0 Å². The van der Waals surface area contributed by atoms with Gasteiger partial charge in [0.05, 0.1) is 0 Å². The van der Waals surface area contributed by atoms with Crippen LogP contribution in [0.25, 0.3) is 0 Å². The fraction of sp³-hybridized carbons (Fsp3) is 0.522. The molecule has 3 heteroatoms. The van der Waals surface area contributed by atoms with E-state index in [1.54, 1.807) is 0 Å². The van der Waals surface area contributed by atoms with Crippen molar-refractivity contribution in [3.63, 3.8) is 0 Å². The summed E-state index contributed by atoms with van der Waals surface area (Å²) in [7, 11) is 0. The number of hydrogen-bond acceptors (Lipinski definition) is 3. The number of nitrogens with two attached hydrogens (primary N) is 1. The monoisotopic (exact) mass is 352 g/mol. The Kier molecular flexibility index (Phi) is 7.22. The van der Waals surface area contributed by atoms with E-state index in [2.05, 4.69) is 35.3 Å². The van der Waals surface area contributed by atoms with Crippen molar-refractivity contribution >= 4 is 0 Å². The van der Waals surface area contributed by atoms with E-state index in [9.17, 15) is 0 Å². The largest absolute Gasteiger partial charge is 0.396 e. The predicted molar refractivity (Wildman–Crippen MR) is 107 cm³/mol. The molecule has 3 rings (SSSR count). The fourth-order valence-corrected chi connectivity index (χ4v) is 4.17. The molecule has 26 heavy (non-hydrogen) atoms. The maximum Gasteiger partial charge on any atom is 0.0431 e. The lowest BCUT2D eigenvalue weighted by Gasteiger charge is -2.26. The maximum absolute atomic E-state index is 8.99. The summed E-state index contributed by atoms with van der Waals surface area (Å²) in [4.78, 5) is 4.45. The average Bonchev–Trinajstić information content (AvgIpc) is 2.70. The first kappa shape index (κ1) is 19.1. The van der Waals surface area contributed by atoms with Crippen molar-refractivity contribution in [3.8, 4) is 0 Å². The molecule has 1 aliphatic carbocycles. The number of aromatic nitrogens is 1. The molecule has 1 aromatic carbocycles. The van der Waals surface area contributed by atoms with E-state index in [4.69, 9.17) is 10.8 Å². The second-order valence-corrected chi connectivity index (χ2v) is 7.65. The van der Waals surface area contributed by atoms with E-state index in [0.717, 1.165) is 31.6 Å². The summed E-state index contributed by atoms with van der Waals surface area (Å²) in [5.41, 5.74) is 11.7. The molecule has 140 valence electrons. The van der Waals surface area contributed by atoms with Gasteiger partial charge in [0.2, 0.25) is 0 Å². The van der Waals surface area contributed by atoms with Crippen LogP contribution in [0.2, 0.25) is 0 Å². The van der Waals surface area contributed by atoms with E-state index in [-0.39, 0.29) is 6.61 Å². The highest BCUT2D eigenvalue weighted by Crippen LogP contribution is 2.31.